The van der Waals surface area contributed by atoms with Gasteiger partial charge in [-0.2, -0.15) is 5.26 Å². The van der Waals surface area contributed by atoms with E-state index in [9.17, 15) is 32.7 Å². The molecule has 0 bridgehead atoms. The zero-order chi connectivity index (χ0) is 24.8. The third kappa shape index (κ3) is 4.06. The Bertz CT molecular complexity index is 1330. The molecule has 5 nitrogen and oxygen atoms in total. The maximum absolute atomic E-state index is 14.7. The molecule has 0 spiro atoms. The van der Waals surface area contributed by atoms with Gasteiger partial charge in [-0.3, -0.25) is 4.79 Å². The zero-order valence-electron chi connectivity index (χ0n) is 17.9. The number of rotatable bonds is 6. The fourth-order valence-corrected chi connectivity index (χ4v) is 5.12. The van der Waals surface area contributed by atoms with Crippen LogP contribution in [0.2, 0.25) is 0 Å². The average molecular weight is 489 g/mol. The number of carbonyl (C=O) groups is 1. The Balaban J connectivity index is 1.88. The number of nitrogens with two attached hydrogens (primary N) is 1. The maximum Gasteiger partial charge on any atom is 0.281 e. The Labute approximate surface area is 196 Å². The second-order valence-corrected chi connectivity index (χ2v) is 9.11. The van der Waals surface area contributed by atoms with Crippen molar-refractivity contribution in [2.45, 2.75) is 44.4 Å². The molecular formula is C24H19F4N3O2S. The van der Waals surface area contributed by atoms with E-state index in [1.165, 1.54) is 12.3 Å². The third-order valence-corrected chi connectivity index (χ3v) is 7.00. The molecule has 10 heteroatoms. The highest BCUT2D eigenvalue weighted by molar-refractivity contribution is 7.17. The van der Waals surface area contributed by atoms with E-state index in [1.807, 2.05) is 6.07 Å². The number of aliphatic hydroxyl groups excluding tert-OH is 1. The summed E-state index contributed by atoms with van der Waals surface area (Å²) in [7, 11) is 0. The number of halogens is 4. The molecule has 1 aliphatic carbocycles. The summed E-state index contributed by atoms with van der Waals surface area (Å²) < 4.78 is 58.0. The molecule has 2 atom stereocenters. The topological polar surface area (TPSA) is 100 Å². The molecule has 2 aromatic carbocycles. The van der Waals surface area contributed by atoms with Gasteiger partial charge in [0.15, 0.2) is 5.01 Å². The highest BCUT2D eigenvalue weighted by Crippen LogP contribution is 2.49. The van der Waals surface area contributed by atoms with E-state index < -0.39 is 36.3 Å². The van der Waals surface area contributed by atoms with E-state index in [0.29, 0.717) is 10.4 Å². The van der Waals surface area contributed by atoms with E-state index in [0.717, 1.165) is 23.5 Å². The number of alkyl halides is 3. The lowest BCUT2D eigenvalue weighted by Crippen LogP contribution is -2.21. The van der Waals surface area contributed by atoms with E-state index in [1.54, 1.807) is 13.0 Å². The number of benzene rings is 2. The summed E-state index contributed by atoms with van der Waals surface area (Å²) in [5, 5.41) is 20.0. The number of thiazole rings is 1. The Morgan fingerprint density at radius 2 is 2.15 bits per heavy atom. The van der Waals surface area contributed by atoms with Crippen molar-refractivity contribution in [1.82, 2.24) is 4.98 Å². The summed E-state index contributed by atoms with van der Waals surface area (Å²) in [6.45, 7) is 1.57. The van der Waals surface area contributed by atoms with Crippen LogP contribution in [0.1, 0.15) is 68.8 Å². The summed E-state index contributed by atoms with van der Waals surface area (Å²) in [5.74, 6) is -4.98. The Morgan fingerprint density at radius 3 is 2.76 bits per heavy atom. The highest BCUT2D eigenvalue weighted by Gasteiger charge is 2.49. The summed E-state index contributed by atoms with van der Waals surface area (Å²) in [6.07, 6.45) is -3.14. The summed E-state index contributed by atoms with van der Waals surface area (Å²) >= 11 is 0.913. The van der Waals surface area contributed by atoms with Crippen LogP contribution in [0.5, 0.6) is 0 Å². The number of carbonyl (C=O) groups excluding carboxylic acids is 1. The summed E-state index contributed by atoms with van der Waals surface area (Å²) in [5.41, 5.74) is 6.16. The predicted molar refractivity (Wildman–Crippen MR) is 118 cm³/mol. The van der Waals surface area contributed by atoms with Crippen molar-refractivity contribution in [2.75, 3.05) is 0 Å². The third-order valence-electron chi connectivity index (χ3n) is 5.95. The minimum absolute atomic E-state index is 0.00395. The van der Waals surface area contributed by atoms with Crippen LogP contribution in [-0.2, 0) is 12.8 Å². The lowest BCUT2D eigenvalue weighted by atomic mass is 9.88. The molecule has 0 aliphatic heterocycles. The van der Waals surface area contributed by atoms with Crippen molar-refractivity contribution in [1.29, 1.82) is 5.26 Å². The molecule has 1 amide bonds. The first-order chi connectivity index (χ1) is 16.1. The normalized spacial score (nSPS) is 17.3. The van der Waals surface area contributed by atoms with Crippen LogP contribution in [0.25, 0.3) is 10.4 Å². The number of nitrogens with zero attached hydrogens (tertiary/aromatic N) is 2. The van der Waals surface area contributed by atoms with E-state index in [4.69, 9.17) is 5.73 Å². The number of hydrogen-bond acceptors (Lipinski definition) is 5. The molecular weight excluding hydrogens is 470 g/mol. The maximum atomic E-state index is 14.7. The number of primary amides is 1. The van der Waals surface area contributed by atoms with Gasteiger partial charge in [0.2, 0.25) is 0 Å². The first-order valence-electron chi connectivity index (χ1n) is 10.4. The lowest BCUT2D eigenvalue weighted by Gasteiger charge is -2.18. The van der Waals surface area contributed by atoms with Gasteiger partial charge in [0.1, 0.15) is 18.1 Å². The molecule has 2 unspecified atom stereocenters. The van der Waals surface area contributed by atoms with E-state index in [-0.39, 0.29) is 51.2 Å². The van der Waals surface area contributed by atoms with E-state index in [2.05, 4.69) is 4.98 Å². The van der Waals surface area contributed by atoms with Crippen molar-refractivity contribution >= 4 is 17.2 Å². The van der Waals surface area contributed by atoms with Crippen LogP contribution in [-0.4, -0.2) is 21.9 Å². The first-order valence-corrected chi connectivity index (χ1v) is 11.2. The second kappa shape index (κ2) is 8.81. The summed E-state index contributed by atoms with van der Waals surface area (Å²) in [4.78, 5) is 15.7. The summed E-state index contributed by atoms with van der Waals surface area (Å²) in [6, 6.07) is 6.94. The molecule has 0 fully saturated rings. The molecule has 4 rings (SSSR count). The zero-order valence-corrected chi connectivity index (χ0v) is 18.7. The minimum Gasteiger partial charge on any atom is -0.382 e. The SMILES string of the molecule is CCC(F)c1cc(F)cc(C#N)c1Cc1ccc(-c2cnc(C(N)=O)s2)c2c1CC(F)(F)C2O. The largest absolute Gasteiger partial charge is 0.382 e. The van der Waals surface area contributed by atoms with Crippen LogP contribution in [0, 0.1) is 17.1 Å². The molecule has 1 aromatic heterocycles. The molecule has 34 heavy (non-hydrogen) atoms. The van der Waals surface area contributed by atoms with Crippen LogP contribution < -0.4 is 5.73 Å². The molecule has 0 saturated heterocycles. The minimum atomic E-state index is -3.46. The highest BCUT2D eigenvalue weighted by atomic mass is 32.1. The average Bonchev–Trinajstić information content (AvgIpc) is 3.38. The standard InChI is InChI=1S/C24H19F4N3O2S/c1-2-18(26)16-7-13(25)5-12(9-29)15(16)6-11-3-4-14(19-10-31-23(34-19)22(30)33)20-17(11)8-24(27,28)21(20)32/h3-5,7,10,18,21,32H,2,6,8H2,1H3,(H2,30,33). The Hall–Kier alpha value is -3.29. The smallest absolute Gasteiger partial charge is 0.281 e. The number of aromatic nitrogens is 1. The van der Waals surface area contributed by atoms with Crippen molar-refractivity contribution < 1.29 is 27.5 Å². The lowest BCUT2D eigenvalue weighted by molar-refractivity contribution is -0.0966. The van der Waals surface area contributed by atoms with Gasteiger partial charge in [-0.05, 0) is 58.4 Å². The van der Waals surface area contributed by atoms with Crippen LogP contribution in [0.3, 0.4) is 0 Å². The molecule has 1 heterocycles. The predicted octanol–water partition coefficient (Wildman–Crippen LogP) is 5.16. The van der Waals surface area contributed by atoms with Gasteiger partial charge in [0.05, 0.1) is 16.5 Å². The molecule has 3 aromatic rings. The van der Waals surface area contributed by atoms with Crippen molar-refractivity contribution in [3.63, 3.8) is 0 Å². The number of hydrogen-bond donors (Lipinski definition) is 2. The molecule has 0 saturated carbocycles. The van der Waals surface area contributed by atoms with Crippen LogP contribution in [0.4, 0.5) is 17.6 Å². The van der Waals surface area contributed by atoms with E-state index >= 15 is 0 Å². The van der Waals surface area contributed by atoms with Gasteiger partial charge in [-0.15, -0.1) is 11.3 Å². The van der Waals surface area contributed by atoms with Crippen molar-refractivity contribution in [2.24, 2.45) is 5.73 Å². The molecule has 1 aliphatic rings. The number of amides is 1. The van der Waals surface area contributed by atoms with Gasteiger partial charge >= 0.3 is 0 Å². The van der Waals surface area contributed by atoms with Gasteiger partial charge < -0.3 is 10.8 Å². The Kier molecular flexibility index (Phi) is 6.18. The monoisotopic (exact) mass is 489 g/mol. The fourth-order valence-electron chi connectivity index (χ4n) is 4.31. The van der Waals surface area contributed by atoms with Gasteiger partial charge in [0.25, 0.3) is 11.8 Å². The van der Waals surface area contributed by atoms with Gasteiger partial charge in [-0.25, -0.2) is 22.5 Å². The van der Waals surface area contributed by atoms with Crippen molar-refractivity contribution in [3.8, 4) is 16.5 Å². The fraction of sp³-hybridized carbons (Fsp3) is 0.292. The van der Waals surface area contributed by atoms with Gasteiger partial charge in [-0.1, -0.05) is 19.1 Å². The quantitative estimate of drug-likeness (QED) is 0.468. The molecule has 176 valence electrons. The number of nitriles is 1. The van der Waals surface area contributed by atoms with Crippen LogP contribution >= 0.6 is 11.3 Å². The van der Waals surface area contributed by atoms with Crippen LogP contribution in [0.15, 0.2) is 30.5 Å². The molecule has 0 radical (unpaired) electrons. The first kappa shape index (κ1) is 23.9. The number of aliphatic hydroxyl groups is 1. The van der Waals surface area contributed by atoms with Crippen molar-refractivity contribution in [3.05, 3.63) is 74.7 Å². The molecule has 3 N–H and O–H groups in total. The van der Waals surface area contributed by atoms with Gasteiger partial charge in [0, 0.05) is 12.6 Å². The second-order valence-electron chi connectivity index (χ2n) is 8.08. The Morgan fingerprint density at radius 1 is 1.41 bits per heavy atom. The number of fused-ring (bicyclic) bond motifs is 1.